The maximum absolute atomic E-state index is 13.1. The molecule has 0 fully saturated rings. The summed E-state index contributed by atoms with van der Waals surface area (Å²) in [5, 5.41) is 28.8. The molecule has 0 bridgehead atoms. The van der Waals surface area contributed by atoms with E-state index in [0.29, 0.717) is 16.8 Å². The van der Waals surface area contributed by atoms with Gasteiger partial charge in [-0.1, -0.05) is 24.3 Å². The van der Waals surface area contributed by atoms with E-state index in [1.165, 1.54) is 12.3 Å². The molecule has 35 heavy (non-hydrogen) atoms. The SMILES string of the molecule is NCC(O)CS(=O)(=O)c1ccc(-c2cccc(-c3cnc(N)[nH]3)c2)c(-c2nn[nH]n2)c1S(N)(=O)=O. The maximum atomic E-state index is 13.1. The Balaban J connectivity index is 2.02. The van der Waals surface area contributed by atoms with E-state index in [9.17, 15) is 21.9 Å². The van der Waals surface area contributed by atoms with E-state index in [-0.39, 0.29) is 29.4 Å². The lowest BCUT2D eigenvalue weighted by molar-refractivity contribution is 0.205. The van der Waals surface area contributed by atoms with E-state index in [4.69, 9.17) is 16.6 Å². The summed E-state index contributed by atoms with van der Waals surface area (Å²) in [4.78, 5) is 5.52. The van der Waals surface area contributed by atoms with Gasteiger partial charge in [-0.15, -0.1) is 10.2 Å². The highest BCUT2D eigenvalue weighted by Crippen LogP contribution is 2.39. The molecule has 2 aromatic heterocycles. The topological polar surface area (TPSA) is 250 Å². The van der Waals surface area contributed by atoms with Gasteiger partial charge in [-0.2, -0.15) is 5.21 Å². The van der Waals surface area contributed by atoms with E-state index in [1.807, 2.05) is 0 Å². The van der Waals surface area contributed by atoms with E-state index >= 15 is 0 Å². The second-order valence-electron chi connectivity index (χ2n) is 7.53. The third-order valence-corrected chi connectivity index (χ3v) is 8.03. The van der Waals surface area contributed by atoms with Crippen molar-refractivity contribution in [2.75, 3.05) is 18.0 Å². The average Bonchev–Trinajstić information content (AvgIpc) is 3.49. The molecule has 4 aromatic rings. The number of tetrazole rings is 1. The number of benzene rings is 2. The number of hydrogen-bond donors (Lipinski definition) is 6. The predicted octanol–water partition coefficient (Wildman–Crippen LogP) is -0.753. The minimum Gasteiger partial charge on any atom is -0.391 e. The highest BCUT2D eigenvalue weighted by Gasteiger charge is 2.33. The van der Waals surface area contributed by atoms with Crippen LogP contribution in [0.5, 0.6) is 0 Å². The van der Waals surface area contributed by atoms with Crippen molar-refractivity contribution in [3.8, 4) is 33.8 Å². The van der Waals surface area contributed by atoms with Crippen molar-refractivity contribution in [3.05, 3.63) is 42.6 Å². The van der Waals surface area contributed by atoms with E-state index in [1.54, 1.807) is 24.3 Å². The van der Waals surface area contributed by atoms with Crippen molar-refractivity contribution in [1.82, 2.24) is 30.6 Å². The normalized spacial score (nSPS) is 13.1. The second kappa shape index (κ2) is 9.16. The second-order valence-corrected chi connectivity index (χ2v) is 11.0. The van der Waals surface area contributed by atoms with E-state index in [2.05, 4.69) is 30.6 Å². The van der Waals surface area contributed by atoms with Crippen molar-refractivity contribution in [2.24, 2.45) is 10.9 Å². The van der Waals surface area contributed by atoms with Crippen molar-refractivity contribution < 1.29 is 21.9 Å². The Morgan fingerprint density at radius 2 is 1.83 bits per heavy atom. The van der Waals surface area contributed by atoms with Gasteiger partial charge in [0.25, 0.3) is 0 Å². The van der Waals surface area contributed by atoms with Crippen LogP contribution in [0, 0.1) is 0 Å². The fourth-order valence-corrected chi connectivity index (χ4v) is 6.62. The predicted molar refractivity (Wildman–Crippen MR) is 126 cm³/mol. The summed E-state index contributed by atoms with van der Waals surface area (Å²) in [6.07, 6.45) is 0.114. The Morgan fingerprint density at radius 1 is 1.09 bits per heavy atom. The Morgan fingerprint density at radius 3 is 2.43 bits per heavy atom. The molecule has 0 spiro atoms. The number of hydrogen-bond acceptors (Lipinski definition) is 11. The number of nitrogen functional groups attached to an aromatic ring is 1. The number of sulfonamides is 1. The first kappa shape index (κ1) is 24.4. The van der Waals surface area contributed by atoms with Crippen molar-refractivity contribution in [2.45, 2.75) is 15.9 Å². The Hall–Kier alpha value is -3.70. The molecule has 0 saturated carbocycles. The van der Waals surface area contributed by atoms with Crippen LogP contribution in [0.2, 0.25) is 0 Å². The number of H-pyrrole nitrogens is 2. The summed E-state index contributed by atoms with van der Waals surface area (Å²) in [7, 11) is -9.00. The van der Waals surface area contributed by atoms with E-state index < -0.39 is 41.5 Å². The molecule has 0 aliphatic rings. The average molecular weight is 520 g/mol. The Labute approximate surface area is 199 Å². The molecule has 1 atom stereocenters. The molecule has 0 aliphatic heterocycles. The molecule has 16 heteroatoms. The van der Waals surface area contributed by atoms with Gasteiger partial charge in [0.1, 0.15) is 4.90 Å². The third-order valence-electron chi connectivity index (χ3n) is 5.07. The zero-order valence-corrected chi connectivity index (χ0v) is 19.6. The number of aliphatic hydroxyl groups is 1. The van der Waals surface area contributed by atoms with Crippen LogP contribution in [0.25, 0.3) is 33.8 Å². The smallest absolute Gasteiger partial charge is 0.240 e. The molecule has 0 radical (unpaired) electrons. The molecule has 9 N–H and O–H groups in total. The maximum Gasteiger partial charge on any atom is 0.240 e. The van der Waals surface area contributed by atoms with Gasteiger partial charge >= 0.3 is 0 Å². The van der Waals surface area contributed by atoms with E-state index in [0.717, 1.165) is 6.07 Å². The van der Waals surface area contributed by atoms with Gasteiger partial charge in [-0.3, -0.25) is 0 Å². The van der Waals surface area contributed by atoms with Gasteiger partial charge in [0.2, 0.25) is 15.8 Å². The quantitative estimate of drug-likeness (QED) is 0.169. The minimum atomic E-state index is -4.65. The summed E-state index contributed by atoms with van der Waals surface area (Å²) in [6, 6.07) is 9.39. The zero-order chi connectivity index (χ0) is 25.4. The minimum absolute atomic E-state index is 0.175. The molecule has 0 saturated heterocycles. The summed E-state index contributed by atoms with van der Waals surface area (Å²) < 4.78 is 51.6. The van der Waals surface area contributed by atoms with Crippen LogP contribution in [0.15, 0.2) is 52.4 Å². The number of primary sulfonamides is 1. The number of nitrogens with zero attached hydrogens (tertiary/aromatic N) is 4. The Bertz CT molecular complexity index is 1580. The van der Waals surface area contributed by atoms with Crippen molar-refractivity contribution in [3.63, 3.8) is 0 Å². The molecular weight excluding hydrogens is 498 g/mol. The largest absolute Gasteiger partial charge is 0.391 e. The summed E-state index contributed by atoms with van der Waals surface area (Å²) in [5.41, 5.74) is 12.9. The zero-order valence-electron chi connectivity index (χ0n) is 18.0. The molecule has 0 amide bonds. The highest BCUT2D eigenvalue weighted by molar-refractivity contribution is 7.93. The summed E-state index contributed by atoms with van der Waals surface area (Å²) >= 11 is 0. The number of aromatic nitrogens is 6. The van der Waals surface area contributed by atoms with Gasteiger partial charge < -0.3 is 21.6 Å². The van der Waals surface area contributed by atoms with Crippen LogP contribution in [-0.4, -0.2) is 70.9 Å². The molecular formula is C19H21N9O5S2. The first-order valence-corrected chi connectivity index (χ1v) is 13.2. The van der Waals surface area contributed by atoms with Gasteiger partial charge in [0.05, 0.1) is 34.2 Å². The van der Waals surface area contributed by atoms with Crippen molar-refractivity contribution in [1.29, 1.82) is 0 Å². The van der Waals surface area contributed by atoms with Gasteiger partial charge in [0, 0.05) is 12.1 Å². The lowest BCUT2D eigenvalue weighted by atomic mass is 9.97. The van der Waals surface area contributed by atoms with Gasteiger partial charge in [-0.05, 0) is 28.5 Å². The van der Waals surface area contributed by atoms with Crippen molar-refractivity contribution >= 4 is 25.8 Å². The number of nitrogens with two attached hydrogens (primary N) is 3. The van der Waals surface area contributed by atoms with Gasteiger partial charge in [0.15, 0.2) is 15.8 Å². The fourth-order valence-electron chi connectivity index (χ4n) is 3.57. The summed E-state index contributed by atoms with van der Waals surface area (Å²) in [5.74, 6) is -0.798. The van der Waals surface area contributed by atoms with Crippen LogP contribution >= 0.6 is 0 Å². The molecule has 184 valence electrons. The fraction of sp³-hybridized carbons (Fsp3) is 0.158. The number of rotatable bonds is 8. The van der Waals surface area contributed by atoms with Crippen LogP contribution in [0.4, 0.5) is 5.95 Å². The first-order chi connectivity index (χ1) is 16.5. The molecule has 2 aromatic carbocycles. The molecule has 1 unspecified atom stereocenters. The monoisotopic (exact) mass is 519 g/mol. The van der Waals surface area contributed by atoms with Crippen LogP contribution < -0.4 is 16.6 Å². The van der Waals surface area contributed by atoms with Crippen LogP contribution in [-0.2, 0) is 19.9 Å². The molecule has 2 heterocycles. The standard InChI is InChI=1S/C19H21N9O5S2/c20-7-12(29)9-34(30,31)15-5-4-13(16(17(15)35(22,32)33)18-25-27-28-26-18)10-2-1-3-11(6-10)14-8-23-19(21)24-14/h1-6,8,12,29H,7,9,20H2,(H3,21,23,24)(H2,22,32,33)(H,25,26,27,28). The first-order valence-electron chi connectivity index (χ1n) is 9.97. The Kier molecular flexibility index (Phi) is 6.39. The number of aliphatic hydroxyl groups excluding tert-OH is 1. The molecule has 0 aliphatic carbocycles. The summed E-state index contributed by atoms with van der Waals surface area (Å²) in [6.45, 7) is -0.343. The number of nitrogens with one attached hydrogen (secondary N) is 2. The third kappa shape index (κ3) is 4.91. The van der Waals surface area contributed by atoms with Gasteiger partial charge in [-0.25, -0.2) is 27.0 Å². The molecule has 4 rings (SSSR count). The van der Waals surface area contributed by atoms with Crippen LogP contribution in [0.1, 0.15) is 0 Å². The molecule has 14 nitrogen and oxygen atoms in total. The highest BCUT2D eigenvalue weighted by atomic mass is 32.2. The van der Waals surface area contributed by atoms with Crippen LogP contribution in [0.3, 0.4) is 0 Å². The number of imidazole rings is 1. The number of anilines is 1. The lowest BCUT2D eigenvalue weighted by Gasteiger charge is -2.17. The number of aromatic amines is 2. The lowest BCUT2D eigenvalue weighted by Crippen LogP contribution is -2.30. The number of sulfone groups is 1.